The molecular weight excluding hydrogens is 218 g/mol. The van der Waals surface area contributed by atoms with Crippen molar-refractivity contribution in [2.75, 3.05) is 0 Å². The highest BCUT2D eigenvalue weighted by Crippen LogP contribution is 2.22. The number of carbonyl (C=O) groups is 1. The summed E-state index contributed by atoms with van der Waals surface area (Å²) in [6, 6.07) is 7.32. The molecule has 1 aliphatic rings. The number of nitrogens with one attached hydrogen (secondary N) is 1. The van der Waals surface area contributed by atoms with Gasteiger partial charge in [-0.15, -0.1) is 0 Å². The fourth-order valence-corrected chi connectivity index (χ4v) is 2.35. The predicted molar refractivity (Wildman–Crippen MR) is 63.9 cm³/mol. The first-order valence-corrected chi connectivity index (χ1v) is 5.81. The Kier molecular flexibility index (Phi) is 3.45. The molecule has 2 unspecified atom stereocenters. The topological polar surface area (TPSA) is 69.6 Å². The van der Waals surface area contributed by atoms with Crippen LogP contribution in [-0.4, -0.2) is 34.4 Å². The smallest absolute Gasteiger partial charge is 0.323 e. The summed E-state index contributed by atoms with van der Waals surface area (Å²) in [4.78, 5) is 11.0. The zero-order valence-electron chi connectivity index (χ0n) is 9.76. The highest BCUT2D eigenvalue weighted by molar-refractivity contribution is 5.74. The summed E-state index contributed by atoms with van der Waals surface area (Å²) in [5, 5.41) is 21.4. The first-order chi connectivity index (χ1) is 8.08. The number of fused-ring (bicyclic) bond motifs is 1. The van der Waals surface area contributed by atoms with Gasteiger partial charge in [0.15, 0.2) is 0 Å². The van der Waals surface area contributed by atoms with Crippen molar-refractivity contribution in [3.05, 3.63) is 35.4 Å². The van der Waals surface area contributed by atoms with E-state index in [1.807, 2.05) is 12.1 Å². The fraction of sp³-hybridized carbons (Fsp3) is 0.462. The molecule has 0 amide bonds. The summed E-state index contributed by atoms with van der Waals surface area (Å²) < 4.78 is 0. The van der Waals surface area contributed by atoms with Gasteiger partial charge in [0.05, 0.1) is 6.10 Å². The van der Waals surface area contributed by atoms with Crippen LogP contribution in [0.4, 0.5) is 0 Å². The van der Waals surface area contributed by atoms with E-state index in [-0.39, 0.29) is 6.04 Å². The lowest BCUT2D eigenvalue weighted by atomic mass is 10.1. The van der Waals surface area contributed by atoms with Crippen LogP contribution < -0.4 is 5.32 Å². The Morgan fingerprint density at radius 2 is 1.88 bits per heavy atom. The average molecular weight is 235 g/mol. The molecule has 2 atom stereocenters. The molecule has 92 valence electrons. The van der Waals surface area contributed by atoms with Crippen LogP contribution in [0.5, 0.6) is 0 Å². The maximum atomic E-state index is 11.0. The molecule has 0 aliphatic heterocycles. The Morgan fingerprint density at radius 1 is 1.35 bits per heavy atom. The number of hydrogen-bond donors (Lipinski definition) is 3. The fourth-order valence-electron chi connectivity index (χ4n) is 2.35. The summed E-state index contributed by atoms with van der Waals surface area (Å²) in [6.07, 6.45) is 0.760. The first-order valence-electron chi connectivity index (χ1n) is 5.81. The van der Waals surface area contributed by atoms with Gasteiger partial charge in [-0.1, -0.05) is 24.3 Å². The minimum atomic E-state index is -1.00. The van der Waals surface area contributed by atoms with Crippen LogP contribution in [0.15, 0.2) is 24.3 Å². The molecule has 17 heavy (non-hydrogen) atoms. The molecule has 0 aromatic heterocycles. The van der Waals surface area contributed by atoms with E-state index in [2.05, 4.69) is 17.4 Å². The highest BCUT2D eigenvalue weighted by atomic mass is 16.4. The van der Waals surface area contributed by atoms with Crippen molar-refractivity contribution in [2.45, 2.75) is 38.0 Å². The van der Waals surface area contributed by atoms with Gasteiger partial charge in [-0.25, -0.2) is 0 Å². The highest BCUT2D eigenvalue weighted by Gasteiger charge is 2.29. The van der Waals surface area contributed by atoms with Gasteiger partial charge in [0, 0.05) is 6.04 Å². The maximum Gasteiger partial charge on any atom is 0.323 e. The number of carboxylic acid groups (broad SMARTS) is 1. The van der Waals surface area contributed by atoms with Gasteiger partial charge in [-0.3, -0.25) is 10.1 Å². The molecule has 0 saturated heterocycles. The Balaban J connectivity index is 2.01. The van der Waals surface area contributed by atoms with Crippen LogP contribution in [0.1, 0.15) is 18.1 Å². The average Bonchev–Trinajstić information content (AvgIpc) is 2.67. The Morgan fingerprint density at radius 3 is 2.29 bits per heavy atom. The van der Waals surface area contributed by atoms with Crippen molar-refractivity contribution in [2.24, 2.45) is 0 Å². The number of carboxylic acids is 1. The number of benzene rings is 1. The standard InChI is InChI=1S/C13H17NO3/c1-8(15)12(13(16)17)14-11-6-9-4-2-3-5-10(9)7-11/h2-5,8,11-12,14-15H,6-7H2,1H3,(H,16,17). The van der Waals surface area contributed by atoms with E-state index in [0.717, 1.165) is 12.8 Å². The lowest BCUT2D eigenvalue weighted by molar-refractivity contribution is -0.142. The third kappa shape index (κ3) is 2.65. The number of rotatable bonds is 4. The Labute approximate surface area is 100 Å². The molecule has 2 rings (SSSR count). The molecule has 0 heterocycles. The molecule has 0 radical (unpaired) electrons. The molecule has 0 spiro atoms. The molecular formula is C13H17NO3. The van der Waals surface area contributed by atoms with Gasteiger partial charge in [-0.2, -0.15) is 0 Å². The monoisotopic (exact) mass is 235 g/mol. The van der Waals surface area contributed by atoms with Crippen molar-refractivity contribution in [1.82, 2.24) is 5.32 Å². The number of hydrogen-bond acceptors (Lipinski definition) is 3. The van der Waals surface area contributed by atoms with E-state index in [1.54, 1.807) is 0 Å². The van der Waals surface area contributed by atoms with Crippen molar-refractivity contribution in [3.8, 4) is 0 Å². The summed E-state index contributed by atoms with van der Waals surface area (Å²) in [5.74, 6) is -1.00. The van der Waals surface area contributed by atoms with Crippen LogP contribution in [0.2, 0.25) is 0 Å². The normalized spacial score (nSPS) is 18.7. The molecule has 1 aromatic carbocycles. The Hall–Kier alpha value is -1.39. The predicted octanol–water partition coefficient (Wildman–Crippen LogP) is 0.577. The quantitative estimate of drug-likeness (QED) is 0.714. The second kappa shape index (κ2) is 4.85. The largest absolute Gasteiger partial charge is 0.480 e. The lowest BCUT2D eigenvalue weighted by Gasteiger charge is -2.21. The Bertz CT molecular complexity index is 392. The summed E-state index contributed by atoms with van der Waals surface area (Å²) >= 11 is 0. The minimum Gasteiger partial charge on any atom is -0.480 e. The van der Waals surface area contributed by atoms with Gasteiger partial charge < -0.3 is 10.2 Å². The van der Waals surface area contributed by atoms with Gasteiger partial charge in [0.2, 0.25) is 0 Å². The van der Waals surface area contributed by atoms with Crippen LogP contribution in [0.25, 0.3) is 0 Å². The third-order valence-corrected chi connectivity index (χ3v) is 3.21. The lowest BCUT2D eigenvalue weighted by Crippen LogP contribution is -2.49. The van der Waals surface area contributed by atoms with Gasteiger partial charge in [-0.05, 0) is 30.9 Å². The molecule has 1 aromatic rings. The zero-order chi connectivity index (χ0) is 12.4. The molecule has 4 nitrogen and oxygen atoms in total. The molecule has 0 bridgehead atoms. The van der Waals surface area contributed by atoms with E-state index in [1.165, 1.54) is 18.1 Å². The molecule has 3 N–H and O–H groups in total. The van der Waals surface area contributed by atoms with Gasteiger partial charge >= 0.3 is 5.97 Å². The summed E-state index contributed by atoms with van der Waals surface area (Å²) in [7, 11) is 0. The molecule has 4 heteroatoms. The molecule has 1 aliphatic carbocycles. The van der Waals surface area contributed by atoms with Crippen LogP contribution in [-0.2, 0) is 17.6 Å². The van der Waals surface area contributed by atoms with E-state index in [9.17, 15) is 9.90 Å². The maximum absolute atomic E-state index is 11.0. The third-order valence-electron chi connectivity index (χ3n) is 3.21. The van der Waals surface area contributed by atoms with Crippen molar-refractivity contribution < 1.29 is 15.0 Å². The van der Waals surface area contributed by atoms with E-state index < -0.39 is 18.1 Å². The van der Waals surface area contributed by atoms with E-state index >= 15 is 0 Å². The van der Waals surface area contributed by atoms with E-state index in [4.69, 9.17) is 5.11 Å². The summed E-state index contributed by atoms with van der Waals surface area (Å²) in [6.45, 7) is 1.49. The second-order valence-corrected chi connectivity index (χ2v) is 4.60. The number of aliphatic hydroxyl groups is 1. The van der Waals surface area contributed by atoms with Gasteiger partial charge in [0.25, 0.3) is 0 Å². The van der Waals surface area contributed by atoms with Crippen molar-refractivity contribution >= 4 is 5.97 Å². The van der Waals surface area contributed by atoms with Crippen molar-refractivity contribution in [3.63, 3.8) is 0 Å². The molecule has 0 fully saturated rings. The zero-order valence-corrected chi connectivity index (χ0v) is 9.76. The summed E-state index contributed by atoms with van der Waals surface area (Å²) in [5.41, 5.74) is 2.53. The van der Waals surface area contributed by atoms with Crippen LogP contribution in [0.3, 0.4) is 0 Å². The van der Waals surface area contributed by atoms with Gasteiger partial charge in [0.1, 0.15) is 6.04 Å². The second-order valence-electron chi connectivity index (χ2n) is 4.60. The minimum absolute atomic E-state index is 0.100. The van der Waals surface area contributed by atoms with Crippen LogP contribution in [0, 0.1) is 0 Å². The van der Waals surface area contributed by atoms with Crippen molar-refractivity contribution in [1.29, 1.82) is 0 Å². The SMILES string of the molecule is CC(O)C(NC1Cc2ccccc2C1)C(=O)O. The number of aliphatic carboxylic acids is 1. The van der Waals surface area contributed by atoms with Crippen LogP contribution >= 0.6 is 0 Å². The van der Waals surface area contributed by atoms with E-state index in [0.29, 0.717) is 0 Å². The number of aliphatic hydroxyl groups excluding tert-OH is 1. The molecule has 0 saturated carbocycles. The first kappa shape index (κ1) is 12.1.